The summed E-state index contributed by atoms with van der Waals surface area (Å²) in [5.74, 6) is -2.18. The quantitative estimate of drug-likeness (QED) is 0.250. The lowest BCUT2D eigenvalue weighted by Gasteiger charge is -2.01. The molecule has 3 aromatic rings. The molecular weight excluding hydrogens is 480 g/mol. The van der Waals surface area contributed by atoms with Crippen LogP contribution in [-0.2, 0) is 16.0 Å². The number of nitrogens with zero attached hydrogens (tertiary/aromatic N) is 2. The molecule has 0 saturated carbocycles. The van der Waals surface area contributed by atoms with Crippen LogP contribution in [-0.4, -0.2) is 42.1 Å². The summed E-state index contributed by atoms with van der Waals surface area (Å²) < 4.78 is 0. The Labute approximate surface area is 217 Å². The Balaban J connectivity index is 1.94. The number of hydrogen-bond acceptors (Lipinski definition) is 4. The number of aliphatic carboxylic acids is 2. The van der Waals surface area contributed by atoms with E-state index in [0.717, 1.165) is 46.5 Å². The first-order valence-electron chi connectivity index (χ1n) is 11.9. The lowest BCUT2D eigenvalue weighted by molar-refractivity contribution is -0.132. The van der Waals surface area contributed by atoms with Gasteiger partial charge in [0.2, 0.25) is 0 Å². The number of fused-ring (bicyclic) bond motifs is 8. The van der Waals surface area contributed by atoms with E-state index >= 15 is 0 Å². The highest BCUT2D eigenvalue weighted by Crippen LogP contribution is 2.32. The molecule has 8 bridgehead atoms. The largest absolute Gasteiger partial charge is 0.478 e. The molecule has 4 N–H and O–H groups in total. The summed E-state index contributed by atoms with van der Waals surface area (Å²) in [6.45, 7) is 7.94. The van der Waals surface area contributed by atoms with Crippen LogP contribution < -0.4 is 0 Å². The van der Waals surface area contributed by atoms with Gasteiger partial charge in [0, 0.05) is 74.6 Å². The molecule has 0 fully saturated rings. The van der Waals surface area contributed by atoms with Gasteiger partial charge in [-0.3, -0.25) is 4.98 Å². The van der Waals surface area contributed by atoms with Crippen LogP contribution in [0.15, 0.2) is 73.9 Å². The third-order valence-electron chi connectivity index (χ3n) is 6.32. The molecule has 5 rings (SSSR count). The molecule has 8 heteroatoms. The topological polar surface area (TPSA) is 132 Å². The van der Waals surface area contributed by atoms with Crippen molar-refractivity contribution >= 4 is 57.8 Å². The third kappa shape index (κ3) is 4.87. The van der Waals surface area contributed by atoms with Gasteiger partial charge in [-0.05, 0) is 54.6 Å². The zero-order valence-corrected chi connectivity index (χ0v) is 20.3. The molecule has 0 saturated heterocycles. The highest BCUT2D eigenvalue weighted by Gasteiger charge is 2.19. The number of nitrogens with one attached hydrogen (secondary N) is 2. The van der Waals surface area contributed by atoms with Crippen LogP contribution in [0.2, 0.25) is 0 Å². The Kier molecular flexibility index (Phi) is 6.45. The first kappa shape index (κ1) is 24.5. The second-order valence-corrected chi connectivity index (χ2v) is 8.84. The van der Waals surface area contributed by atoms with E-state index in [-0.39, 0.29) is 5.92 Å². The summed E-state index contributed by atoms with van der Waals surface area (Å²) in [5.41, 5.74) is 7.49. The molecule has 0 amide bonds. The maximum absolute atomic E-state index is 11.4. The van der Waals surface area contributed by atoms with Gasteiger partial charge in [0.25, 0.3) is 0 Å². The summed E-state index contributed by atoms with van der Waals surface area (Å²) in [5, 5.41) is 18.6. The molecule has 2 aliphatic heterocycles. The normalized spacial score (nSPS) is 15.1. The summed E-state index contributed by atoms with van der Waals surface area (Å²) >= 11 is 0. The molecule has 188 valence electrons. The lowest BCUT2D eigenvalue weighted by atomic mass is 10.0. The number of aromatic amines is 2. The van der Waals surface area contributed by atoms with Gasteiger partial charge in [0.1, 0.15) is 0 Å². The molecule has 0 spiro atoms. The van der Waals surface area contributed by atoms with Gasteiger partial charge in [-0.1, -0.05) is 18.7 Å². The fourth-order valence-corrected chi connectivity index (χ4v) is 4.58. The summed E-state index contributed by atoms with van der Waals surface area (Å²) in [6.07, 6.45) is 11.0. The second kappa shape index (κ2) is 10.0. The number of carboxylic acids is 2. The summed E-state index contributed by atoms with van der Waals surface area (Å²) in [6, 6.07) is 11.5. The molecular formula is C30H24N4O4. The molecule has 3 aromatic heterocycles. The number of aromatic nitrogens is 4. The number of hydrogen-bond donors (Lipinski definition) is 4. The number of allylic oxidation sites excluding steroid dienone is 3. The molecule has 2 aliphatic rings. The van der Waals surface area contributed by atoms with E-state index in [1.54, 1.807) is 12.2 Å². The van der Waals surface area contributed by atoms with Crippen LogP contribution in [0.4, 0.5) is 0 Å². The van der Waals surface area contributed by atoms with Gasteiger partial charge >= 0.3 is 11.9 Å². The zero-order chi connectivity index (χ0) is 26.8. The van der Waals surface area contributed by atoms with E-state index in [4.69, 9.17) is 9.97 Å². The number of rotatable bonds is 6. The first-order chi connectivity index (χ1) is 18.3. The van der Waals surface area contributed by atoms with Crippen LogP contribution in [0.3, 0.4) is 0 Å². The number of H-pyrrole nitrogens is 2. The second-order valence-electron chi connectivity index (χ2n) is 8.84. The van der Waals surface area contributed by atoms with Crippen molar-refractivity contribution in [3.8, 4) is 0 Å². The maximum atomic E-state index is 11.4. The number of carbonyl (C=O) groups is 2. The smallest absolute Gasteiger partial charge is 0.328 e. The van der Waals surface area contributed by atoms with Crippen LogP contribution in [0.25, 0.3) is 45.9 Å². The van der Waals surface area contributed by atoms with Crippen molar-refractivity contribution < 1.29 is 19.8 Å². The van der Waals surface area contributed by atoms with Gasteiger partial charge in [-0.15, -0.1) is 6.58 Å². The molecule has 38 heavy (non-hydrogen) atoms. The molecule has 1 unspecified atom stereocenters. The zero-order valence-electron chi connectivity index (χ0n) is 20.3. The first-order valence-corrected chi connectivity index (χ1v) is 11.9. The van der Waals surface area contributed by atoms with Gasteiger partial charge in [0.05, 0.1) is 11.4 Å². The SMILES string of the molecule is C=Cc1c2nc(c(/C=C/C(=O)O)c3ccc(cc4nc(cc5ccc1[nH]5)CC4C=C)[nH]3)C(/C=C\C(=O)O)=C2. The Morgan fingerprint density at radius 2 is 1.55 bits per heavy atom. The predicted octanol–water partition coefficient (Wildman–Crippen LogP) is 5.75. The van der Waals surface area contributed by atoms with Gasteiger partial charge < -0.3 is 20.2 Å². The van der Waals surface area contributed by atoms with Gasteiger partial charge in [0.15, 0.2) is 0 Å². The Bertz CT molecular complexity index is 1750. The van der Waals surface area contributed by atoms with Crippen molar-refractivity contribution in [2.45, 2.75) is 12.3 Å². The monoisotopic (exact) mass is 504 g/mol. The van der Waals surface area contributed by atoms with Gasteiger partial charge in [-0.25, -0.2) is 14.6 Å². The maximum Gasteiger partial charge on any atom is 0.328 e. The van der Waals surface area contributed by atoms with Crippen LogP contribution in [0.1, 0.15) is 39.8 Å². The molecule has 8 nitrogen and oxygen atoms in total. The molecule has 0 aromatic carbocycles. The Morgan fingerprint density at radius 1 is 0.895 bits per heavy atom. The fourth-order valence-electron chi connectivity index (χ4n) is 4.58. The average Bonchev–Trinajstić information content (AvgIpc) is 3.67. The molecule has 5 heterocycles. The van der Waals surface area contributed by atoms with E-state index in [9.17, 15) is 19.8 Å². The van der Waals surface area contributed by atoms with Crippen LogP contribution in [0, 0.1) is 0 Å². The molecule has 0 radical (unpaired) electrons. The Hall–Kier alpha value is -5.24. The Morgan fingerprint density at radius 3 is 2.21 bits per heavy atom. The average molecular weight is 505 g/mol. The summed E-state index contributed by atoms with van der Waals surface area (Å²) in [7, 11) is 0. The fraction of sp³-hybridized carbons (Fsp3) is 0.0667. The minimum Gasteiger partial charge on any atom is -0.478 e. The van der Waals surface area contributed by atoms with Gasteiger partial charge in [-0.2, -0.15) is 0 Å². The van der Waals surface area contributed by atoms with E-state index in [0.29, 0.717) is 33.6 Å². The van der Waals surface area contributed by atoms with Crippen LogP contribution >= 0.6 is 0 Å². The molecule has 0 aliphatic carbocycles. The van der Waals surface area contributed by atoms with Crippen molar-refractivity contribution in [1.82, 2.24) is 19.9 Å². The van der Waals surface area contributed by atoms with E-state index < -0.39 is 11.9 Å². The van der Waals surface area contributed by atoms with Crippen LogP contribution in [0.5, 0.6) is 0 Å². The molecule has 1 atom stereocenters. The highest BCUT2D eigenvalue weighted by molar-refractivity contribution is 5.99. The van der Waals surface area contributed by atoms with Crippen molar-refractivity contribution in [3.63, 3.8) is 0 Å². The standard InChI is InChI=1S/C30H24N4O4/c1-3-17-13-21-15-19-6-9-24(31-19)22(4-2)27-14-18(5-11-28(35)36)30(34-27)23(8-12-29(37)38)25-10-7-20(32-25)16-26(17)33-21/h3-12,14-17,31-32H,1-2,13H2,(H,35,36)(H,37,38)/b11-5-,12-8+,19-15?,20-16?,21-15?,24-22?,25-23?,26-16?,27-22?,30-23?. The minimum atomic E-state index is -1.12. The van der Waals surface area contributed by atoms with Crippen molar-refractivity contribution in [2.24, 2.45) is 0 Å². The van der Waals surface area contributed by atoms with Crippen molar-refractivity contribution in [2.75, 3.05) is 0 Å². The van der Waals surface area contributed by atoms with Crippen molar-refractivity contribution in [3.05, 3.63) is 108 Å². The minimum absolute atomic E-state index is 0.0513. The third-order valence-corrected chi connectivity index (χ3v) is 6.32. The highest BCUT2D eigenvalue weighted by atomic mass is 16.4. The van der Waals surface area contributed by atoms with E-state index in [1.165, 1.54) is 12.2 Å². The van der Waals surface area contributed by atoms with Crippen molar-refractivity contribution in [1.29, 1.82) is 0 Å². The van der Waals surface area contributed by atoms with E-state index in [1.807, 2.05) is 42.5 Å². The number of carboxylic acid groups (broad SMARTS) is 2. The summed E-state index contributed by atoms with van der Waals surface area (Å²) in [4.78, 5) is 39.1. The predicted molar refractivity (Wildman–Crippen MR) is 149 cm³/mol. The lowest BCUT2D eigenvalue weighted by Crippen LogP contribution is -1.92. The van der Waals surface area contributed by atoms with E-state index in [2.05, 4.69) is 23.1 Å².